The van der Waals surface area contributed by atoms with E-state index < -0.39 is 0 Å². The second-order valence-corrected chi connectivity index (χ2v) is 5.40. The number of H-pyrrole nitrogens is 2. The van der Waals surface area contributed by atoms with Crippen LogP contribution in [-0.4, -0.2) is 35.1 Å². The van der Waals surface area contributed by atoms with Crippen molar-refractivity contribution in [2.45, 2.75) is 0 Å². The number of aromatic nitrogens is 7. The van der Waals surface area contributed by atoms with Crippen LogP contribution in [-0.2, 0) is 0 Å². The molecule has 0 saturated heterocycles. The fraction of sp³-hybridized carbons (Fsp3) is 0. The number of aromatic amines is 2. The van der Waals surface area contributed by atoms with E-state index in [1.165, 1.54) is 0 Å². The summed E-state index contributed by atoms with van der Waals surface area (Å²) in [6.45, 7) is 0. The zero-order valence-electron chi connectivity index (χ0n) is 12.4. The van der Waals surface area contributed by atoms with Crippen LogP contribution < -0.4 is 0 Å². The van der Waals surface area contributed by atoms with E-state index in [4.69, 9.17) is 0 Å². The quantitative estimate of drug-likeness (QED) is 0.522. The molecule has 0 amide bonds. The minimum absolute atomic E-state index is 0.727. The summed E-state index contributed by atoms with van der Waals surface area (Å²) in [5, 5.41) is 8.43. The summed E-state index contributed by atoms with van der Waals surface area (Å²) in [6.07, 6.45) is 8.53. The van der Waals surface area contributed by atoms with E-state index in [1.54, 1.807) is 31.0 Å². The molecule has 0 saturated carbocycles. The molecule has 0 fully saturated rings. The van der Waals surface area contributed by atoms with E-state index in [1.807, 2.05) is 24.3 Å². The maximum Gasteiger partial charge on any atom is 0.116 e. The van der Waals surface area contributed by atoms with Crippen molar-refractivity contribution in [2.24, 2.45) is 0 Å². The molecule has 0 spiro atoms. The number of hydrogen-bond acceptors (Lipinski definition) is 5. The lowest BCUT2D eigenvalue weighted by Crippen LogP contribution is -1.88. The molecule has 0 aliphatic heterocycles. The molecule has 24 heavy (non-hydrogen) atoms. The highest BCUT2D eigenvalue weighted by Gasteiger charge is 2.13. The van der Waals surface area contributed by atoms with Crippen LogP contribution in [0.4, 0.5) is 0 Å². The second-order valence-electron chi connectivity index (χ2n) is 5.40. The highest BCUT2D eigenvalue weighted by molar-refractivity contribution is 5.95. The minimum Gasteiger partial charge on any atom is -0.352 e. The molecule has 5 heterocycles. The van der Waals surface area contributed by atoms with Crippen LogP contribution in [0.2, 0.25) is 0 Å². The molecule has 7 nitrogen and oxygen atoms in total. The van der Waals surface area contributed by atoms with Crippen molar-refractivity contribution in [1.82, 2.24) is 35.1 Å². The first-order valence-electron chi connectivity index (χ1n) is 7.43. The zero-order chi connectivity index (χ0) is 15.9. The molecule has 0 aliphatic carbocycles. The molecular weight excluding hydrogens is 302 g/mol. The average Bonchev–Trinajstić information content (AvgIpc) is 3.25. The van der Waals surface area contributed by atoms with Gasteiger partial charge < -0.3 is 4.98 Å². The Morgan fingerprint density at radius 3 is 2.71 bits per heavy atom. The van der Waals surface area contributed by atoms with Crippen molar-refractivity contribution < 1.29 is 0 Å². The van der Waals surface area contributed by atoms with Crippen molar-refractivity contribution in [3.8, 4) is 22.8 Å². The van der Waals surface area contributed by atoms with Gasteiger partial charge in [-0.2, -0.15) is 5.10 Å². The van der Waals surface area contributed by atoms with E-state index in [9.17, 15) is 0 Å². The van der Waals surface area contributed by atoms with Crippen LogP contribution in [0.5, 0.6) is 0 Å². The molecule has 2 N–H and O–H groups in total. The Hall–Kier alpha value is -3.61. The van der Waals surface area contributed by atoms with Crippen molar-refractivity contribution in [3.05, 3.63) is 55.2 Å². The van der Waals surface area contributed by atoms with Gasteiger partial charge in [0.15, 0.2) is 0 Å². The fourth-order valence-electron chi connectivity index (χ4n) is 2.78. The number of hydrogen-bond donors (Lipinski definition) is 2. The standard InChI is InChI=1S/C17H11N7/c1-2-11-13(19-3-1)7-14(22-11)17-10-6-12(16-8-18-4-5-20-16)21-9-15(10)23-24-17/h1-9,22H,(H,23,24). The lowest BCUT2D eigenvalue weighted by atomic mass is 10.1. The van der Waals surface area contributed by atoms with E-state index in [0.717, 1.165) is 44.7 Å². The zero-order valence-corrected chi connectivity index (χ0v) is 12.4. The van der Waals surface area contributed by atoms with Crippen LogP contribution >= 0.6 is 0 Å². The lowest BCUT2D eigenvalue weighted by Gasteiger charge is -1.99. The average molecular weight is 313 g/mol. The number of pyridine rings is 2. The van der Waals surface area contributed by atoms with Gasteiger partial charge in [-0.25, -0.2) is 0 Å². The predicted molar refractivity (Wildman–Crippen MR) is 90.0 cm³/mol. The predicted octanol–water partition coefficient (Wildman–Crippen LogP) is 2.96. The molecule has 0 atom stereocenters. The minimum atomic E-state index is 0.727. The third-order valence-corrected chi connectivity index (χ3v) is 3.92. The molecule has 114 valence electrons. The summed E-state index contributed by atoms with van der Waals surface area (Å²) in [6, 6.07) is 7.86. The van der Waals surface area contributed by atoms with Gasteiger partial charge in [-0.05, 0) is 24.3 Å². The van der Waals surface area contributed by atoms with E-state index in [0.29, 0.717) is 0 Å². The van der Waals surface area contributed by atoms with E-state index >= 15 is 0 Å². The van der Waals surface area contributed by atoms with Crippen molar-refractivity contribution >= 4 is 21.9 Å². The summed E-state index contributed by atoms with van der Waals surface area (Å²) in [5.74, 6) is 0. The molecular formula is C17H11N7. The fourth-order valence-corrected chi connectivity index (χ4v) is 2.78. The smallest absolute Gasteiger partial charge is 0.116 e. The number of nitrogens with zero attached hydrogens (tertiary/aromatic N) is 5. The van der Waals surface area contributed by atoms with Gasteiger partial charge in [0.1, 0.15) is 11.4 Å². The maximum absolute atomic E-state index is 4.44. The van der Waals surface area contributed by atoms with Crippen molar-refractivity contribution in [3.63, 3.8) is 0 Å². The van der Waals surface area contributed by atoms with E-state index in [2.05, 4.69) is 35.1 Å². The van der Waals surface area contributed by atoms with Gasteiger partial charge in [-0.1, -0.05) is 0 Å². The van der Waals surface area contributed by atoms with Gasteiger partial charge >= 0.3 is 0 Å². The first kappa shape index (κ1) is 12.9. The van der Waals surface area contributed by atoms with Crippen molar-refractivity contribution in [1.29, 1.82) is 0 Å². The molecule has 0 unspecified atom stereocenters. The monoisotopic (exact) mass is 313 g/mol. The molecule has 7 heteroatoms. The maximum atomic E-state index is 4.44. The van der Waals surface area contributed by atoms with Gasteiger partial charge in [0.05, 0.1) is 40.3 Å². The number of nitrogens with one attached hydrogen (secondary N) is 2. The van der Waals surface area contributed by atoms with Gasteiger partial charge in [-0.15, -0.1) is 0 Å². The van der Waals surface area contributed by atoms with Gasteiger partial charge in [0.25, 0.3) is 0 Å². The second kappa shape index (κ2) is 4.95. The molecule has 0 aromatic carbocycles. The Balaban J connectivity index is 1.71. The normalized spacial score (nSPS) is 11.3. The summed E-state index contributed by atoms with van der Waals surface area (Å²) in [4.78, 5) is 20.5. The Bertz CT molecular complexity index is 1120. The molecule has 5 aromatic heterocycles. The summed E-state index contributed by atoms with van der Waals surface area (Å²) < 4.78 is 0. The third-order valence-electron chi connectivity index (χ3n) is 3.92. The summed E-state index contributed by atoms with van der Waals surface area (Å²) >= 11 is 0. The molecule has 0 aliphatic rings. The van der Waals surface area contributed by atoms with Crippen LogP contribution in [0.3, 0.4) is 0 Å². The molecule has 5 aromatic rings. The summed E-state index contributed by atoms with van der Waals surface area (Å²) in [5.41, 5.74) is 5.97. The Kier molecular flexibility index (Phi) is 2.66. The highest BCUT2D eigenvalue weighted by atomic mass is 15.1. The Morgan fingerprint density at radius 2 is 1.83 bits per heavy atom. The van der Waals surface area contributed by atoms with Crippen LogP contribution in [0.1, 0.15) is 0 Å². The number of rotatable bonds is 2. The highest BCUT2D eigenvalue weighted by Crippen LogP contribution is 2.29. The van der Waals surface area contributed by atoms with Crippen LogP contribution in [0, 0.1) is 0 Å². The molecule has 0 bridgehead atoms. The van der Waals surface area contributed by atoms with Crippen LogP contribution in [0.15, 0.2) is 55.2 Å². The first-order valence-corrected chi connectivity index (χ1v) is 7.43. The largest absolute Gasteiger partial charge is 0.352 e. The Morgan fingerprint density at radius 1 is 0.833 bits per heavy atom. The third kappa shape index (κ3) is 1.95. The van der Waals surface area contributed by atoms with Gasteiger partial charge in [0, 0.05) is 24.0 Å². The first-order chi connectivity index (χ1) is 11.9. The molecule has 5 rings (SSSR count). The Labute approximate surface area is 135 Å². The van der Waals surface area contributed by atoms with Gasteiger partial charge in [-0.3, -0.25) is 25.0 Å². The van der Waals surface area contributed by atoms with Crippen LogP contribution in [0.25, 0.3) is 44.7 Å². The van der Waals surface area contributed by atoms with Gasteiger partial charge in [0.2, 0.25) is 0 Å². The lowest BCUT2D eigenvalue weighted by molar-refractivity contribution is 1.11. The van der Waals surface area contributed by atoms with E-state index in [-0.39, 0.29) is 0 Å². The van der Waals surface area contributed by atoms with Crippen molar-refractivity contribution in [2.75, 3.05) is 0 Å². The SMILES string of the molecule is c1cnc2cc(-c3n[nH]c4cnc(-c5cnccn5)cc34)[nH]c2c1. The topological polar surface area (TPSA) is 96.0 Å². The number of fused-ring (bicyclic) bond motifs is 2. The summed E-state index contributed by atoms with van der Waals surface area (Å²) in [7, 11) is 0. The molecule has 0 radical (unpaired) electrons.